The molecule has 0 bridgehead atoms. The van der Waals surface area contributed by atoms with Gasteiger partial charge < -0.3 is 4.84 Å². The average molecular weight is 250 g/mol. The molecule has 0 unspecified atom stereocenters. The van der Waals surface area contributed by atoms with Crippen LogP contribution in [0.3, 0.4) is 0 Å². The van der Waals surface area contributed by atoms with Crippen molar-refractivity contribution in [2.45, 2.75) is 39.2 Å². The summed E-state index contributed by atoms with van der Waals surface area (Å²) in [5.74, 6) is 1.62. The summed E-state index contributed by atoms with van der Waals surface area (Å²) in [6.45, 7) is 11.2. The van der Waals surface area contributed by atoms with Gasteiger partial charge in [0.25, 0.3) is 0 Å². The maximum atomic E-state index is 5.35. The molecule has 3 atom stereocenters. The average Bonchev–Trinajstić information content (AvgIpc) is 2.80. The number of rotatable bonds is 4. The van der Waals surface area contributed by atoms with Crippen LogP contribution in [0, 0.1) is 17.3 Å². The summed E-state index contributed by atoms with van der Waals surface area (Å²) >= 11 is 0. The highest BCUT2D eigenvalue weighted by Crippen LogP contribution is 2.66. The molecule has 0 aliphatic heterocycles. The summed E-state index contributed by atoms with van der Waals surface area (Å²) in [5.41, 5.74) is 1.71. The monoisotopic (exact) mass is 250 g/mol. The van der Waals surface area contributed by atoms with E-state index in [1.165, 1.54) is 12.1 Å². The molecule has 0 heterocycles. The van der Waals surface area contributed by atoms with Crippen molar-refractivity contribution in [3.63, 3.8) is 0 Å². The van der Waals surface area contributed by atoms with Crippen molar-refractivity contribution in [1.82, 2.24) is 4.90 Å². The second kappa shape index (κ2) is 4.37. The molecule has 0 N–H and O–H groups in total. The quantitative estimate of drug-likeness (QED) is 0.435. The summed E-state index contributed by atoms with van der Waals surface area (Å²) in [5, 5.41) is 4.39. The van der Waals surface area contributed by atoms with Crippen LogP contribution in [0.5, 0.6) is 0 Å². The van der Waals surface area contributed by atoms with E-state index in [1.807, 2.05) is 0 Å². The van der Waals surface area contributed by atoms with E-state index in [1.54, 1.807) is 6.08 Å². The van der Waals surface area contributed by atoms with Crippen molar-refractivity contribution in [3.05, 3.63) is 12.7 Å². The maximum absolute atomic E-state index is 5.35. The van der Waals surface area contributed by atoms with E-state index in [9.17, 15) is 0 Å². The highest BCUT2D eigenvalue weighted by molar-refractivity contribution is 5.94. The van der Waals surface area contributed by atoms with Crippen molar-refractivity contribution in [2.24, 2.45) is 22.4 Å². The predicted octanol–water partition coefficient (Wildman–Crippen LogP) is 2.93. The molecule has 3 nitrogen and oxygen atoms in total. The van der Waals surface area contributed by atoms with Crippen LogP contribution in [0.4, 0.5) is 0 Å². The lowest BCUT2D eigenvalue weighted by molar-refractivity contribution is 0.153. The smallest absolute Gasteiger partial charge is 0.135 e. The number of fused-ring (bicyclic) bond motifs is 1. The van der Waals surface area contributed by atoms with E-state index < -0.39 is 0 Å². The Labute approximate surface area is 111 Å². The molecule has 0 radical (unpaired) electrons. The summed E-state index contributed by atoms with van der Waals surface area (Å²) in [6, 6.07) is 0. The topological polar surface area (TPSA) is 24.8 Å². The van der Waals surface area contributed by atoms with Crippen molar-refractivity contribution < 1.29 is 4.84 Å². The Morgan fingerprint density at radius 3 is 2.61 bits per heavy atom. The van der Waals surface area contributed by atoms with Crippen molar-refractivity contribution >= 4 is 5.71 Å². The number of nitrogens with zero attached hydrogens (tertiary/aromatic N) is 2. The fraction of sp³-hybridized carbons (Fsp3) is 0.800. The minimum absolute atomic E-state index is 0.0378. The van der Waals surface area contributed by atoms with Gasteiger partial charge in [0.1, 0.15) is 6.61 Å². The second-order valence-corrected chi connectivity index (χ2v) is 6.73. The minimum atomic E-state index is 0.0378. The van der Waals surface area contributed by atoms with Gasteiger partial charge in [-0.2, -0.15) is 0 Å². The summed E-state index contributed by atoms with van der Waals surface area (Å²) in [6.07, 6.45) is 4.00. The van der Waals surface area contributed by atoms with Gasteiger partial charge in [0, 0.05) is 0 Å². The largest absolute Gasteiger partial charge is 0.392 e. The SMILES string of the molecule is C=CCO/N=C1/C[C@H]2[C@@H](C[C@]1(C)N(C)C)C2(C)C. The van der Waals surface area contributed by atoms with Crippen LogP contribution in [0.1, 0.15) is 33.6 Å². The van der Waals surface area contributed by atoms with Crippen molar-refractivity contribution in [2.75, 3.05) is 20.7 Å². The Morgan fingerprint density at radius 1 is 1.39 bits per heavy atom. The molecule has 2 saturated carbocycles. The van der Waals surface area contributed by atoms with E-state index >= 15 is 0 Å². The zero-order chi connectivity index (χ0) is 13.6. The lowest BCUT2D eigenvalue weighted by Crippen LogP contribution is -2.51. The van der Waals surface area contributed by atoms with E-state index in [-0.39, 0.29) is 5.54 Å². The first-order valence-corrected chi connectivity index (χ1v) is 6.81. The molecule has 3 heteroatoms. The normalized spacial score (nSPS) is 39.6. The molecule has 2 rings (SSSR count). The number of hydrogen-bond acceptors (Lipinski definition) is 3. The molecule has 2 aliphatic carbocycles. The lowest BCUT2D eigenvalue weighted by Gasteiger charge is -2.40. The first-order chi connectivity index (χ1) is 8.34. The maximum Gasteiger partial charge on any atom is 0.135 e. The van der Waals surface area contributed by atoms with Crippen molar-refractivity contribution in [3.8, 4) is 0 Å². The van der Waals surface area contributed by atoms with Crippen LogP contribution in [-0.2, 0) is 4.84 Å². The molecule has 0 aromatic rings. The van der Waals surface area contributed by atoms with Crippen LogP contribution >= 0.6 is 0 Å². The van der Waals surface area contributed by atoms with Crippen LogP contribution < -0.4 is 0 Å². The molecule has 2 fully saturated rings. The van der Waals surface area contributed by atoms with Gasteiger partial charge in [0.15, 0.2) is 0 Å². The Hall–Kier alpha value is -0.830. The van der Waals surface area contributed by atoms with Gasteiger partial charge in [-0.15, -0.1) is 0 Å². The highest BCUT2D eigenvalue weighted by atomic mass is 16.6. The molecule has 0 amide bonds. The third-order valence-corrected chi connectivity index (χ3v) is 5.29. The van der Waals surface area contributed by atoms with Gasteiger partial charge in [0.05, 0.1) is 11.3 Å². The van der Waals surface area contributed by atoms with Gasteiger partial charge in [0.2, 0.25) is 0 Å². The van der Waals surface area contributed by atoms with Crippen LogP contribution in [0.25, 0.3) is 0 Å². The molecular formula is C15H26N2O. The van der Waals surface area contributed by atoms with Gasteiger partial charge in [-0.05, 0) is 51.1 Å². The van der Waals surface area contributed by atoms with Gasteiger partial charge in [-0.3, -0.25) is 4.90 Å². The molecule has 0 saturated heterocycles. The molecule has 2 aliphatic rings. The minimum Gasteiger partial charge on any atom is -0.392 e. The third-order valence-electron chi connectivity index (χ3n) is 5.29. The van der Waals surface area contributed by atoms with Crippen LogP contribution in [0.15, 0.2) is 17.8 Å². The highest BCUT2D eigenvalue weighted by Gasteiger charge is 2.63. The Bertz CT molecular complexity index is 373. The van der Waals surface area contributed by atoms with Crippen LogP contribution in [-0.4, -0.2) is 36.9 Å². The fourth-order valence-electron chi connectivity index (χ4n) is 3.39. The van der Waals surface area contributed by atoms with Gasteiger partial charge in [-0.25, -0.2) is 0 Å². The van der Waals surface area contributed by atoms with Gasteiger partial charge in [-0.1, -0.05) is 31.7 Å². The molecule has 102 valence electrons. The lowest BCUT2D eigenvalue weighted by atomic mass is 9.80. The summed E-state index contributed by atoms with van der Waals surface area (Å²) in [4.78, 5) is 7.63. The zero-order valence-electron chi connectivity index (χ0n) is 12.4. The van der Waals surface area contributed by atoms with Crippen molar-refractivity contribution in [1.29, 1.82) is 0 Å². The Kier molecular flexibility index (Phi) is 3.30. The van der Waals surface area contributed by atoms with E-state index in [4.69, 9.17) is 4.84 Å². The zero-order valence-corrected chi connectivity index (χ0v) is 12.4. The van der Waals surface area contributed by atoms with E-state index in [0.29, 0.717) is 12.0 Å². The Balaban J connectivity index is 2.19. The first-order valence-electron chi connectivity index (χ1n) is 6.81. The molecule has 0 aromatic heterocycles. The standard InChI is InChI=1S/C15H26N2O/c1-7-8-18-16-13-9-11-12(14(11,2)3)10-15(13,4)17(5)6/h7,11-12H,1,8-10H2,2-6H3/b16-13-/t11-,12+,15-/m0/s1. The van der Waals surface area contributed by atoms with Gasteiger partial charge >= 0.3 is 0 Å². The van der Waals surface area contributed by atoms with E-state index in [0.717, 1.165) is 18.3 Å². The fourth-order valence-corrected chi connectivity index (χ4v) is 3.39. The predicted molar refractivity (Wildman–Crippen MR) is 75.7 cm³/mol. The molecule has 18 heavy (non-hydrogen) atoms. The first kappa shape index (κ1) is 13.6. The third kappa shape index (κ3) is 1.99. The summed E-state index contributed by atoms with van der Waals surface area (Å²) < 4.78 is 0. The number of hydrogen-bond donors (Lipinski definition) is 0. The Morgan fingerprint density at radius 2 is 2.06 bits per heavy atom. The molecule has 0 aromatic carbocycles. The molecular weight excluding hydrogens is 224 g/mol. The second-order valence-electron chi connectivity index (χ2n) is 6.73. The molecule has 0 spiro atoms. The number of oxime groups is 1. The summed E-state index contributed by atoms with van der Waals surface area (Å²) in [7, 11) is 4.28. The van der Waals surface area contributed by atoms with E-state index in [2.05, 4.69) is 51.5 Å². The van der Waals surface area contributed by atoms with Crippen LogP contribution in [0.2, 0.25) is 0 Å².